The third-order valence-corrected chi connectivity index (χ3v) is 8.44. The molecule has 1 saturated heterocycles. The second kappa shape index (κ2) is 11.2. The van der Waals surface area contributed by atoms with Crippen molar-refractivity contribution >= 4 is 16.7 Å². The van der Waals surface area contributed by atoms with E-state index in [1.54, 1.807) is 0 Å². The maximum absolute atomic E-state index is 13.0. The molecule has 2 unspecified atom stereocenters. The SMILES string of the molecule is C=CCC(CC)C(=O)c1ccc2c(c1)c1c(n2C)CCC(C2CCOCC2)C1.CC1(C)CC1.N. The lowest BCUT2D eigenvalue weighted by Crippen LogP contribution is -2.28. The van der Waals surface area contributed by atoms with Crippen LogP contribution >= 0.6 is 0 Å². The van der Waals surface area contributed by atoms with E-state index in [2.05, 4.69) is 51.1 Å². The molecule has 1 aromatic carbocycles. The lowest BCUT2D eigenvalue weighted by molar-refractivity contribution is 0.0439. The van der Waals surface area contributed by atoms with Gasteiger partial charge in [-0.3, -0.25) is 4.79 Å². The number of carbonyl (C=O) groups excluding carboxylic acids is 1. The van der Waals surface area contributed by atoms with Gasteiger partial charge in [-0.1, -0.05) is 26.8 Å². The molecule has 0 spiro atoms. The molecule has 2 heterocycles. The number of benzene rings is 1. The molecule has 0 bridgehead atoms. The predicted octanol–water partition coefficient (Wildman–Crippen LogP) is 7.46. The quantitative estimate of drug-likeness (QED) is 0.355. The molecule has 34 heavy (non-hydrogen) atoms. The first-order chi connectivity index (χ1) is 15.8. The van der Waals surface area contributed by atoms with Crippen molar-refractivity contribution in [1.82, 2.24) is 10.7 Å². The molecule has 3 aliphatic rings. The Kier molecular flexibility index (Phi) is 8.81. The van der Waals surface area contributed by atoms with Crippen molar-refractivity contribution in [2.75, 3.05) is 13.2 Å². The van der Waals surface area contributed by atoms with E-state index in [-0.39, 0.29) is 17.9 Å². The molecule has 0 radical (unpaired) electrons. The zero-order chi connectivity index (χ0) is 23.6. The van der Waals surface area contributed by atoms with Gasteiger partial charge in [-0.05, 0) is 98.8 Å². The van der Waals surface area contributed by atoms with E-state index in [1.807, 2.05) is 12.1 Å². The average molecular weight is 467 g/mol. The van der Waals surface area contributed by atoms with Crippen LogP contribution in [0.4, 0.5) is 0 Å². The van der Waals surface area contributed by atoms with Crippen LogP contribution in [0.2, 0.25) is 0 Å². The Bertz CT molecular complexity index is 991. The first-order valence-electron chi connectivity index (χ1n) is 13.2. The number of allylic oxidation sites excluding steroid dienone is 1. The summed E-state index contributed by atoms with van der Waals surface area (Å²) in [6.07, 6.45) is 12.4. The molecule has 5 rings (SSSR count). The van der Waals surface area contributed by atoms with Crippen LogP contribution in [0.25, 0.3) is 10.9 Å². The molecular weight excluding hydrogens is 420 g/mol. The molecule has 2 aromatic rings. The summed E-state index contributed by atoms with van der Waals surface area (Å²) >= 11 is 0. The molecule has 2 aliphatic carbocycles. The number of Topliss-reactive ketones (excluding diaryl/α,β-unsaturated/α-hetero) is 1. The summed E-state index contributed by atoms with van der Waals surface area (Å²) in [5.41, 5.74) is 5.85. The number of aryl methyl sites for hydroxylation is 1. The molecule has 0 amide bonds. The number of rotatable bonds is 6. The van der Waals surface area contributed by atoms with Crippen LogP contribution in [0.3, 0.4) is 0 Å². The van der Waals surface area contributed by atoms with Crippen LogP contribution in [0.15, 0.2) is 30.9 Å². The lowest BCUT2D eigenvalue weighted by Gasteiger charge is -2.33. The van der Waals surface area contributed by atoms with E-state index in [1.165, 1.54) is 54.3 Å². The summed E-state index contributed by atoms with van der Waals surface area (Å²) in [7, 11) is 2.18. The van der Waals surface area contributed by atoms with Crippen molar-refractivity contribution in [3.8, 4) is 0 Å². The monoisotopic (exact) mass is 466 g/mol. The van der Waals surface area contributed by atoms with Gasteiger partial charge in [0.15, 0.2) is 5.78 Å². The van der Waals surface area contributed by atoms with Gasteiger partial charge in [0, 0.05) is 48.3 Å². The molecule has 3 N–H and O–H groups in total. The largest absolute Gasteiger partial charge is 0.381 e. The van der Waals surface area contributed by atoms with E-state index < -0.39 is 0 Å². The van der Waals surface area contributed by atoms with Crippen molar-refractivity contribution in [3.05, 3.63) is 47.7 Å². The van der Waals surface area contributed by atoms with Crippen molar-refractivity contribution < 1.29 is 9.53 Å². The van der Waals surface area contributed by atoms with Gasteiger partial charge in [0.2, 0.25) is 0 Å². The number of carbonyl (C=O) groups is 1. The van der Waals surface area contributed by atoms with Crippen molar-refractivity contribution in [3.63, 3.8) is 0 Å². The van der Waals surface area contributed by atoms with Crippen LogP contribution in [-0.2, 0) is 24.6 Å². The molecule has 1 aliphatic heterocycles. The molecule has 2 fully saturated rings. The zero-order valence-electron chi connectivity index (χ0n) is 22.0. The number of hydrogen-bond donors (Lipinski definition) is 1. The second-order valence-electron chi connectivity index (χ2n) is 11.3. The number of aromatic nitrogens is 1. The highest BCUT2D eigenvalue weighted by molar-refractivity contribution is 6.02. The number of fused-ring (bicyclic) bond motifs is 3. The van der Waals surface area contributed by atoms with Gasteiger partial charge in [-0.2, -0.15) is 0 Å². The van der Waals surface area contributed by atoms with Gasteiger partial charge in [0.1, 0.15) is 0 Å². The molecule has 188 valence electrons. The number of hydrogen-bond acceptors (Lipinski definition) is 3. The smallest absolute Gasteiger partial charge is 0.166 e. The minimum atomic E-state index is 0. The number of nitrogens with zero attached hydrogens (tertiary/aromatic N) is 1. The van der Waals surface area contributed by atoms with Crippen molar-refractivity contribution in [2.45, 2.75) is 78.6 Å². The van der Waals surface area contributed by atoms with Crippen LogP contribution in [-0.4, -0.2) is 23.6 Å². The maximum atomic E-state index is 13.0. The molecule has 2 atom stereocenters. The average Bonchev–Trinajstić information content (AvgIpc) is 3.47. The van der Waals surface area contributed by atoms with Gasteiger partial charge in [0.25, 0.3) is 0 Å². The topological polar surface area (TPSA) is 66.2 Å². The highest BCUT2D eigenvalue weighted by Gasteiger charge is 2.31. The summed E-state index contributed by atoms with van der Waals surface area (Å²) < 4.78 is 7.94. The van der Waals surface area contributed by atoms with E-state index in [0.29, 0.717) is 0 Å². The van der Waals surface area contributed by atoms with Gasteiger partial charge >= 0.3 is 0 Å². The van der Waals surface area contributed by atoms with Gasteiger partial charge in [0.05, 0.1) is 0 Å². The Morgan fingerprint density at radius 2 is 1.88 bits per heavy atom. The summed E-state index contributed by atoms with van der Waals surface area (Å²) in [5, 5.41) is 1.30. The van der Waals surface area contributed by atoms with E-state index in [0.717, 1.165) is 61.7 Å². The number of ether oxygens (including phenoxy) is 1. The van der Waals surface area contributed by atoms with E-state index in [9.17, 15) is 4.79 Å². The third kappa shape index (κ3) is 5.83. The van der Waals surface area contributed by atoms with E-state index >= 15 is 0 Å². The standard InChI is InChI=1S/C25H33NO2.C5H10.H3N/c1-4-6-17(5-2)25(27)20-8-10-24-22(16-20)21-15-19(7-9-23(21)26(24)3)18-11-13-28-14-12-18;1-5(2)3-4-5;/h4,8,10,16-19H,1,5-7,9,11-15H2,2-3H3;3-4H2,1-2H3;1H3. The predicted molar refractivity (Wildman–Crippen MR) is 143 cm³/mol. The molecule has 1 saturated carbocycles. The molecule has 4 heteroatoms. The minimum absolute atomic E-state index is 0. The van der Waals surface area contributed by atoms with Gasteiger partial charge in [-0.25, -0.2) is 0 Å². The first kappa shape index (κ1) is 26.7. The Morgan fingerprint density at radius 3 is 2.47 bits per heavy atom. The van der Waals surface area contributed by atoms with Crippen molar-refractivity contribution in [1.29, 1.82) is 0 Å². The molecule has 1 aromatic heterocycles. The van der Waals surface area contributed by atoms with E-state index in [4.69, 9.17) is 4.74 Å². The summed E-state index contributed by atoms with van der Waals surface area (Å²) in [6, 6.07) is 6.36. The highest BCUT2D eigenvalue weighted by Crippen LogP contribution is 2.43. The number of ketones is 1. The van der Waals surface area contributed by atoms with Crippen molar-refractivity contribution in [2.24, 2.45) is 30.2 Å². The highest BCUT2D eigenvalue weighted by atomic mass is 16.5. The van der Waals surface area contributed by atoms with Gasteiger partial charge < -0.3 is 15.5 Å². The van der Waals surface area contributed by atoms with Crippen LogP contribution in [0.5, 0.6) is 0 Å². The summed E-state index contributed by atoms with van der Waals surface area (Å²) in [6.45, 7) is 12.4. The Balaban J connectivity index is 0.000000481. The summed E-state index contributed by atoms with van der Waals surface area (Å²) in [4.78, 5) is 13.0. The molecule has 4 nitrogen and oxygen atoms in total. The lowest BCUT2D eigenvalue weighted by atomic mass is 9.75. The Hall–Kier alpha value is -1.91. The molecular formula is C30H46N2O2. The fourth-order valence-electron chi connectivity index (χ4n) is 5.70. The third-order valence-electron chi connectivity index (χ3n) is 8.44. The zero-order valence-corrected chi connectivity index (χ0v) is 22.0. The second-order valence-corrected chi connectivity index (χ2v) is 11.3. The fourth-order valence-corrected chi connectivity index (χ4v) is 5.70. The fraction of sp³-hybridized carbons (Fsp3) is 0.633. The Morgan fingerprint density at radius 1 is 1.21 bits per heavy atom. The first-order valence-corrected chi connectivity index (χ1v) is 13.2. The summed E-state index contributed by atoms with van der Waals surface area (Å²) in [5.74, 6) is 1.85. The van der Waals surface area contributed by atoms with Crippen LogP contribution in [0.1, 0.15) is 87.3 Å². The maximum Gasteiger partial charge on any atom is 0.166 e. The minimum Gasteiger partial charge on any atom is -0.381 e. The normalized spacial score (nSPS) is 22.1. The van der Waals surface area contributed by atoms with Gasteiger partial charge in [-0.15, -0.1) is 6.58 Å². The van der Waals surface area contributed by atoms with Crippen LogP contribution < -0.4 is 6.15 Å². The Labute approximate surface area is 206 Å². The van der Waals surface area contributed by atoms with Crippen LogP contribution in [0, 0.1) is 23.2 Å².